The van der Waals surface area contributed by atoms with E-state index in [2.05, 4.69) is 21.3 Å². The molecule has 0 unspecified atom stereocenters. The van der Waals surface area contributed by atoms with Crippen molar-refractivity contribution in [2.75, 3.05) is 39.9 Å². The summed E-state index contributed by atoms with van der Waals surface area (Å²) >= 11 is 0. The van der Waals surface area contributed by atoms with E-state index in [1.807, 2.05) is 7.05 Å². The van der Waals surface area contributed by atoms with Crippen LogP contribution in [0.4, 0.5) is 0 Å². The van der Waals surface area contributed by atoms with E-state index in [4.69, 9.17) is 4.74 Å². The highest BCUT2D eigenvalue weighted by atomic mass is 16.5. The second-order valence-corrected chi connectivity index (χ2v) is 4.45. The highest BCUT2D eigenvalue weighted by Gasteiger charge is 2.17. The number of amides is 3. The van der Waals surface area contributed by atoms with E-state index in [9.17, 15) is 14.4 Å². The molecule has 0 aromatic heterocycles. The lowest BCUT2D eigenvalue weighted by atomic mass is 10.2. The Kier molecular flexibility index (Phi) is 11.1. The molecule has 0 aliphatic heterocycles. The second kappa shape index (κ2) is 12.1. The van der Waals surface area contributed by atoms with Crippen molar-refractivity contribution in [1.82, 2.24) is 21.3 Å². The Morgan fingerprint density at radius 3 is 2.33 bits per heavy atom. The third kappa shape index (κ3) is 10.7. The first kappa shape index (κ1) is 19.3. The number of hydrogen-bond acceptors (Lipinski definition) is 5. The largest absolute Gasteiger partial charge is 0.378 e. The fraction of sp³-hybridized carbons (Fsp3) is 0.769. The van der Waals surface area contributed by atoms with Crippen LogP contribution in [0.25, 0.3) is 0 Å². The van der Waals surface area contributed by atoms with Crippen molar-refractivity contribution in [2.24, 2.45) is 0 Å². The molecule has 0 aromatic carbocycles. The van der Waals surface area contributed by atoms with E-state index in [-0.39, 0.29) is 24.3 Å². The summed E-state index contributed by atoms with van der Waals surface area (Å²) in [4.78, 5) is 34.1. The highest BCUT2D eigenvalue weighted by molar-refractivity contribution is 5.89. The van der Waals surface area contributed by atoms with Gasteiger partial charge in [0.2, 0.25) is 17.7 Å². The first-order valence-corrected chi connectivity index (χ1v) is 7.05. The molecule has 1 atom stereocenters. The molecule has 0 bridgehead atoms. The van der Waals surface area contributed by atoms with Gasteiger partial charge in [-0.2, -0.15) is 0 Å². The maximum Gasteiger partial charge on any atom is 0.243 e. The van der Waals surface area contributed by atoms with Crippen molar-refractivity contribution in [1.29, 1.82) is 0 Å². The summed E-state index contributed by atoms with van der Waals surface area (Å²) in [7, 11) is 1.83. The van der Waals surface area contributed by atoms with Crippen molar-refractivity contribution < 1.29 is 19.1 Å². The lowest BCUT2D eigenvalue weighted by molar-refractivity contribution is -0.129. The molecule has 0 saturated carbocycles. The zero-order chi connectivity index (χ0) is 16.1. The van der Waals surface area contributed by atoms with Crippen molar-refractivity contribution in [3.63, 3.8) is 0 Å². The van der Waals surface area contributed by atoms with E-state index in [1.165, 1.54) is 6.92 Å². The van der Waals surface area contributed by atoms with Gasteiger partial charge < -0.3 is 26.0 Å². The monoisotopic (exact) mass is 302 g/mol. The number of carbonyl (C=O) groups is 3. The minimum Gasteiger partial charge on any atom is -0.378 e. The van der Waals surface area contributed by atoms with Gasteiger partial charge in [0.1, 0.15) is 6.04 Å². The van der Waals surface area contributed by atoms with Crippen molar-refractivity contribution in [3.05, 3.63) is 0 Å². The molecule has 8 heteroatoms. The molecule has 0 saturated heterocycles. The fourth-order valence-corrected chi connectivity index (χ4v) is 1.49. The molecule has 0 radical (unpaired) electrons. The summed E-state index contributed by atoms with van der Waals surface area (Å²) in [5.74, 6) is -0.938. The molecule has 4 N–H and O–H groups in total. The van der Waals surface area contributed by atoms with Gasteiger partial charge in [0.25, 0.3) is 0 Å². The van der Waals surface area contributed by atoms with E-state index in [0.717, 1.165) is 6.54 Å². The Bertz CT molecular complexity index is 336. The first-order valence-electron chi connectivity index (χ1n) is 7.05. The third-order valence-electron chi connectivity index (χ3n) is 2.59. The van der Waals surface area contributed by atoms with Crippen LogP contribution in [0.5, 0.6) is 0 Å². The molecule has 21 heavy (non-hydrogen) atoms. The normalized spacial score (nSPS) is 11.6. The summed E-state index contributed by atoms with van der Waals surface area (Å²) in [6.45, 7) is 5.15. The average Bonchev–Trinajstić information content (AvgIpc) is 2.45. The predicted molar refractivity (Wildman–Crippen MR) is 78.7 cm³/mol. The molecule has 3 amide bonds. The standard InChI is InChI=1S/C13H26N4O4/c1-4-11(17-10(2)18)13(20)16-9-12(19)15-6-8-21-7-5-14-3/h11,14H,4-9H2,1-3H3,(H,15,19)(H,16,20)(H,17,18)/t11-/m0/s1. The second-order valence-electron chi connectivity index (χ2n) is 4.45. The first-order chi connectivity index (χ1) is 10.0. The minimum atomic E-state index is -0.611. The Labute approximate surface area is 125 Å². The number of ether oxygens (including phenoxy) is 1. The molecule has 0 spiro atoms. The van der Waals surface area contributed by atoms with Crippen LogP contribution in [0.3, 0.4) is 0 Å². The van der Waals surface area contributed by atoms with Gasteiger partial charge in [-0.1, -0.05) is 6.92 Å². The van der Waals surface area contributed by atoms with Crippen LogP contribution in [-0.2, 0) is 19.1 Å². The zero-order valence-electron chi connectivity index (χ0n) is 13.0. The summed E-state index contributed by atoms with van der Waals surface area (Å²) in [5, 5.41) is 10.6. The summed E-state index contributed by atoms with van der Waals surface area (Å²) in [6.07, 6.45) is 0.465. The molecule has 8 nitrogen and oxygen atoms in total. The Hall–Kier alpha value is -1.67. The van der Waals surface area contributed by atoms with Crippen LogP contribution in [-0.4, -0.2) is 63.7 Å². The smallest absolute Gasteiger partial charge is 0.243 e. The lowest BCUT2D eigenvalue weighted by Gasteiger charge is -2.15. The maximum atomic E-state index is 11.7. The topological polar surface area (TPSA) is 109 Å². The van der Waals surface area contributed by atoms with Gasteiger partial charge in [0.15, 0.2) is 0 Å². The summed E-state index contributed by atoms with van der Waals surface area (Å²) < 4.78 is 5.24. The molecule has 0 fully saturated rings. The minimum absolute atomic E-state index is 0.120. The van der Waals surface area contributed by atoms with Gasteiger partial charge in [-0.3, -0.25) is 14.4 Å². The number of hydrogen-bond donors (Lipinski definition) is 4. The SMILES string of the molecule is CC[C@H](NC(C)=O)C(=O)NCC(=O)NCCOCCNC. The number of likely N-dealkylation sites (N-methyl/N-ethyl adjacent to an activating group) is 1. The summed E-state index contributed by atoms with van der Waals surface area (Å²) in [5.41, 5.74) is 0. The van der Waals surface area contributed by atoms with Crippen LogP contribution in [0.15, 0.2) is 0 Å². The fourth-order valence-electron chi connectivity index (χ4n) is 1.49. The molecular formula is C13H26N4O4. The van der Waals surface area contributed by atoms with Crippen molar-refractivity contribution in [3.8, 4) is 0 Å². The molecular weight excluding hydrogens is 276 g/mol. The molecule has 0 aliphatic carbocycles. The van der Waals surface area contributed by atoms with Crippen molar-refractivity contribution in [2.45, 2.75) is 26.3 Å². The van der Waals surface area contributed by atoms with Gasteiger partial charge in [-0.25, -0.2) is 0 Å². The van der Waals surface area contributed by atoms with Crippen molar-refractivity contribution >= 4 is 17.7 Å². The van der Waals surface area contributed by atoms with Crippen LogP contribution < -0.4 is 21.3 Å². The van der Waals surface area contributed by atoms with Gasteiger partial charge >= 0.3 is 0 Å². The van der Waals surface area contributed by atoms with E-state index < -0.39 is 6.04 Å². The lowest BCUT2D eigenvalue weighted by Crippen LogP contribution is -2.48. The van der Waals surface area contributed by atoms with Gasteiger partial charge in [-0.15, -0.1) is 0 Å². The van der Waals surface area contributed by atoms with Crippen LogP contribution in [0.1, 0.15) is 20.3 Å². The number of carbonyl (C=O) groups excluding carboxylic acids is 3. The van der Waals surface area contributed by atoms with Gasteiger partial charge in [0, 0.05) is 20.0 Å². The summed E-state index contributed by atoms with van der Waals surface area (Å²) in [6, 6.07) is -0.611. The number of rotatable bonds is 11. The van der Waals surface area contributed by atoms with E-state index in [0.29, 0.717) is 26.2 Å². The third-order valence-corrected chi connectivity index (χ3v) is 2.59. The quantitative estimate of drug-likeness (QED) is 0.343. The van der Waals surface area contributed by atoms with Crippen LogP contribution in [0.2, 0.25) is 0 Å². The predicted octanol–water partition coefficient (Wildman–Crippen LogP) is -1.63. The van der Waals surface area contributed by atoms with E-state index >= 15 is 0 Å². The Morgan fingerprint density at radius 2 is 1.76 bits per heavy atom. The van der Waals surface area contributed by atoms with Crippen LogP contribution >= 0.6 is 0 Å². The number of nitrogens with one attached hydrogen (secondary N) is 4. The maximum absolute atomic E-state index is 11.7. The molecule has 0 aromatic rings. The molecule has 0 aliphatic rings. The van der Waals surface area contributed by atoms with Crippen LogP contribution in [0, 0.1) is 0 Å². The van der Waals surface area contributed by atoms with Gasteiger partial charge in [-0.05, 0) is 13.5 Å². The average molecular weight is 302 g/mol. The molecule has 0 rings (SSSR count). The highest BCUT2D eigenvalue weighted by Crippen LogP contribution is 1.90. The van der Waals surface area contributed by atoms with Gasteiger partial charge in [0.05, 0.1) is 19.8 Å². The molecule has 0 heterocycles. The Morgan fingerprint density at radius 1 is 1.10 bits per heavy atom. The molecule has 122 valence electrons. The zero-order valence-corrected chi connectivity index (χ0v) is 13.0. The Balaban J connectivity index is 3.76. The van der Waals surface area contributed by atoms with E-state index in [1.54, 1.807) is 6.92 Å².